The fraction of sp³-hybridized carbons (Fsp3) is 0.267. The van der Waals surface area contributed by atoms with Crippen LogP contribution >= 0.6 is 11.8 Å². The van der Waals surface area contributed by atoms with Crippen LogP contribution in [0.3, 0.4) is 0 Å². The Morgan fingerprint density at radius 2 is 2.09 bits per heavy atom. The van der Waals surface area contributed by atoms with Crippen LogP contribution in [0, 0.1) is 5.82 Å². The Kier molecular flexibility index (Phi) is 4.53. The maximum atomic E-state index is 12.9. The maximum Gasteiger partial charge on any atom is 0.208 e. The minimum Gasteiger partial charge on any atom is -0.440 e. The van der Waals surface area contributed by atoms with Crippen molar-refractivity contribution in [2.75, 3.05) is 0 Å². The first-order chi connectivity index (χ1) is 10.7. The van der Waals surface area contributed by atoms with Crippen molar-refractivity contribution >= 4 is 11.8 Å². The molecular formula is C15H15FN4OS. The first kappa shape index (κ1) is 14.8. The predicted octanol–water partition coefficient (Wildman–Crippen LogP) is 3.84. The lowest BCUT2D eigenvalue weighted by molar-refractivity contribution is 0.529. The molecule has 1 aromatic carbocycles. The molecule has 114 valence electrons. The molecule has 22 heavy (non-hydrogen) atoms. The Hall–Kier alpha value is -2.15. The van der Waals surface area contributed by atoms with Crippen molar-refractivity contribution in [2.24, 2.45) is 0 Å². The fourth-order valence-corrected chi connectivity index (χ4v) is 2.61. The lowest BCUT2D eigenvalue weighted by Gasteiger charge is -1.95. The summed E-state index contributed by atoms with van der Waals surface area (Å²) in [6.07, 6.45) is 3.56. The molecule has 0 atom stereocenters. The van der Waals surface area contributed by atoms with E-state index in [0.717, 1.165) is 24.2 Å². The van der Waals surface area contributed by atoms with Crippen molar-refractivity contribution in [1.29, 1.82) is 0 Å². The molecule has 0 aliphatic heterocycles. The van der Waals surface area contributed by atoms with E-state index in [0.29, 0.717) is 22.6 Å². The Labute approximate surface area is 131 Å². The van der Waals surface area contributed by atoms with E-state index in [1.807, 2.05) is 0 Å². The summed E-state index contributed by atoms with van der Waals surface area (Å²) in [7, 11) is 0. The van der Waals surface area contributed by atoms with Crippen LogP contribution in [0.4, 0.5) is 4.39 Å². The van der Waals surface area contributed by atoms with Crippen molar-refractivity contribution in [3.05, 3.63) is 48.0 Å². The van der Waals surface area contributed by atoms with Crippen molar-refractivity contribution in [2.45, 2.75) is 30.7 Å². The van der Waals surface area contributed by atoms with Gasteiger partial charge < -0.3 is 4.42 Å². The van der Waals surface area contributed by atoms with Crippen LogP contribution in [0.2, 0.25) is 0 Å². The normalized spacial score (nSPS) is 11.0. The second-order valence-electron chi connectivity index (χ2n) is 4.73. The van der Waals surface area contributed by atoms with Gasteiger partial charge in [0.1, 0.15) is 11.6 Å². The molecule has 1 N–H and O–H groups in total. The third-order valence-corrected chi connectivity index (χ3v) is 3.84. The highest BCUT2D eigenvalue weighted by Crippen LogP contribution is 2.24. The molecule has 0 unspecified atom stereocenters. The van der Waals surface area contributed by atoms with Crippen molar-refractivity contribution in [1.82, 2.24) is 20.2 Å². The molecule has 0 amide bonds. The molecule has 0 saturated carbocycles. The molecule has 0 bridgehead atoms. The van der Waals surface area contributed by atoms with E-state index < -0.39 is 0 Å². The summed E-state index contributed by atoms with van der Waals surface area (Å²) in [4.78, 5) is 8.60. The van der Waals surface area contributed by atoms with E-state index in [-0.39, 0.29) is 5.82 Å². The standard InChI is InChI=1S/C15H15FN4OS/c1-2-3-13-18-15(20-19-13)22-9-14-17-8-12(21-14)10-4-6-11(16)7-5-10/h4-8H,2-3,9H2,1H3,(H,18,19,20). The first-order valence-corrected chi connectivity index (χ1v) is 7.98. The SMILES string of the molecule is CCCc1nc(SCc2ncc(-c3ccc(F)cc3)o2)n[nH]1. The zero-order chi connectivity index (χ0) is 15.4. The highest BCUT2D eigenvalue weighted by Gasteiger charge is 2.09. The van der Waals surface area contributed by atoms with Gasteiger partial charge in [0, 0.05) is 12.0 Å². The number of nitrogens with zero attached hydrogens (tertiary/aromatic N) is 3. The minimum atomic E-state index is -0.272. The summed E-state index contributed by atoms with van der Waals surface area (Å²) in [6, 6.07) is 6.13. The Morgan fingerprint density at radius 1 is 1.27 bits per heavy atom. The monoisotopic (exact) mass is 318 g/mol. The summed E-state index contributed by atoms with van der Waals surface area (Å²) in [5.41, 5.74) is 0.799. The van der Waals surface area contributed by atoms with Gasteiger partial charge in [0.15, 0.2) is 5.76 Å². The number of nitrogens with one attached hydrogen (secondary N) is 1. The molecule has 5 nitrogen and oxygen atoms in total. The van der Waals surface area contributed by atoms with Gasteiger partial charge in [-0.2, -0.15) is 0 Å². The Balaban J connectivity index is 1.62. The van der Waals surface area contributed by atoms with Gasteiger partial charge in [-0.15, -0.1) is 5.10 Å². The molecule has 3 aromatic rings. The number of rotatable bonds is 6. The number of thioether (sulfide) groups is 1. The van der Waals surface area contributed by atoms with Gasteiger partial charge >= 0.3 is 0 Å². The topological polar surface area (TPSA) is 67.6 Å². The molecule has 0 saturated heterocycles. The number of oxazole rings is 1. The number of benzene rings is 1. The molecule has 0 fully saturated rings. The molecule has 2 aromatic heterocycles. The van der Waals surface area contributed by atoms with Gasteiger partial charge in [0.05, 0.1) is 11.9 Å². The van der Waals surface area contributed by atoms with Gasteiger partial charge in [0.2, 0.25) is 11.0 Å². The number of hydrogen-bond donors (Lipinski definition) is 1. The van der Waals surface area contributed by atoms with E-state index in [4.69, 9.17) is 4.42 Å². The lowest BCUT2D eigenvalue weighted by Crippen LogP contribution is -1.85. The molecule has 0 aliphatic rings. The van der Waals surface area contributed by atoms with Crippen molar-refractivity contribution in [3.63, 3.8) is 0 Å². The molecule has 0 aliphatic carbocycles. The van der Waals surface area contributed by atoms with Crippen LogP contribution in [0.1, 0.15) is 25.1 Å². The van der Waals surface area contributed by atoms with Crippen molar-refractivity contribution in [3.8, 4) is 11.3 Å². The molecule has 0 spiro atoms. The zero-order valence-corrected chi connectivity index (χ0v) is 12.9. The molecule has 0 radical (unpaired) electrons. The predicted molar refractivity (Wildman–Crippen MR) is 81.8 cm³/mol. The maximum absolute atomic E-state index is 12.9. The fourth-order valence-electron chi connectivity index (χ4n) is 1.94. The van der Waals surface area contributed by atoms with Crippen LogP contribution in [-0.2, 0) is 12.2 Å². The summed E-state index contributed by atoms with van der Waals surface area (Å²) >= 11 is 1.46. The largest absolute Gasteiger partial charge is 0.440 e. The lowest BCUT2D eigenvalue weighted by atomic mass is 10.2. The summed E-state index contributed by atoms with van der Waals surface area (Å²) < 4.78 is 18.6. The van der Waals surface area contributed by atoms with Gasteiger partial charge in [-0.05, 0) is 30.7 Å². The smallest absolute Gasteiger partial charge is 0.208 e. The number of aromatic amines is 1. The molecular weight excluding hydrogens is 303 g/mol. The van der Waals surface area contributed by atoms with E-state index in [2.05, 4.69) is 27.1 Å². The Morgan fingerprint density at radius 3 is 2.86 bits per heavy atom. The van der Waals surface area contributed by atoms with Crippen LogP contribution in [0.5, 0.6) is 0 Å². The minimum absolute atomic E-state index is 0.272. The van der Waals surface area contributed by atoms with E-state index >= 15 is 0 Å². The van der Waals surface area contributed by atoms with Crippen LogP contribution in [0.25, 0.3) is 11.3 Å². The third kappa shape index (κ3) is 3.54. The third-order valence-electron chi connectivity index (χ3n) is 3.01. The van der Waals surface area contributed by atoms with Gasteiger partial charge in [-0.1, -0.05) is 18.7 Å². The van der Waals surface area contributed by atoms with Crippen molar-refractivity contribution < 1.29 is 8.81 Å². The van der Waals surface area contributed by atoms with Crippen LogP contribution < -0.4 is 0 Å². The zero-order valence-electron chi connectivity index (χ0n) is 12.0. The number of aromatic nitrogens is 4. The molecule has 7 heteroatoms. The summed E-state index contributed by atoms with van der Waals surface area (Å²) in [5, 5.41) is 7.74. The quantitative estimate of drug-likeness (QED) is 0.699. The van der Waals surface area contributed by atoms with E-state index in [1.165, 1.54) is 23.9 Å². The van der Waals surface area contributed by atoms with E-state index in [9.17, 15) is 4.39 Å². The average molecular weight is 318 g/mol. The highest BCUT2D eigenvalue weighted by molar-refractivity contribution is 7.98. The number of hydrogen-bond acceptors (Lipinski definition) is 5. The van der Waals surface area contributed by atoms with Gasteiger partial charge in [-0.25, -0.2) is 14.4 Å². The second-order valence-corrected chi connectivity index (χ2v) is 5.67. The summed E-state index contributed by atoms with van der Waals surface area (Å²) in [6.45, 7) is 2.10. The number of halogens is 1. The van der Waals surface area contributed by atoms with Gasteiger partial charge in [0.25, 0.3) is 0 Å². The second kappa shape index (κ2) is 6.74. The molecule has 3 rings (SSSR count). The number of aryl methyl sites for hydroxylation is 1. The average Bonchev–Trinajstić information content (AvgIpc) is 3.16. The van der Waals surface area contributed by atoms with E-state index in [1.54, 1.807) is 18.3 Å². The van der Waals surface area contributed by atoms with Crippen LogP contribution in [-0.4, -0.2) is 20.2 Å². The number of H-pyrrole nitrogens is 1. The van der Waals surface area contributed by atoms with Gasteiger partial charge in [-0.3, -0.25) is 5.10 Å². The Bertz CT molecular complexity index is 738. The molecule has 2 heterocycles. The summed E-state index contributed by atoms with van der Waals surface area (Å²) in [5.74, 6) is 2.38. The first-order valence-electron chi connectivity index (χ1n) is 6.99. The highest BCUT2D eigenvalue weighted by atomic mass is 32.2. The van der Waals surface area contributed by atoms with Crippen LogP contribution in [0.15, 0.2) is 40.0 Å².